The van der Waals surface area contributed by atoms with Gasteiger partial charge in [-0.25, -0.2) is 0 Å². The summed E-state index contributed by atoms with van der Waals surface area (Å²) >= 11 is 3.45. The van der Waals surface area contributed by atoms with Crippen LogP contribution in [0.1, 0.15) is 21.6 Å². The van der Waals surface area contributed by atoms with Crippen molar-refractivity contribution in [3.63, 3.8) is 0 Å². The van der Waals surface area contributed by atoms with Gasteiger partial charge < -0.3 is 10.1 Å². The number of rotatable bonds is 3. The van der Waals surface area contributed by atoms with Crippen LogP contribution in [0, 0.1) is 6.92 Å². The van der Waals surface area contributed by atoms with Crippen LogP contribution in [0.15, 0.2) is 46.9 Å². The fraction of sp³-hybridized carbons (Fsp3) is 0.200. The molecule has 1 N–H and O–H groups in total. The topological polar surface area (TPSA) is 56.2 Å². The molecule has 2 aromatic carbocycles. The van der Waals surface area contributed by atoms with E-state index < -0.39 is 0 Å². The Labute approximate surface area is 160 Å². The third-order valence-corrected chi connectivity index (χ3v) is 5.07. The van der Waals surface area contributed by atoms with Crippen LogP contribution in [0.5, 0.6) is 5.75 Å². The van der Waals surface area contributed by atoms with Crippen molar-refractivity contribution in [2.45, 2.75) is 13.3 Å². The maximum absolute atomic E-state index is 12.8. The van der Waals surface area contributed by atoms with Crippen molar-refractivity contribution >= 4 is 27.7 Å². The molecule has 1 aromatic heterocycles. The summed E-state index contributed by atoms with van der Waals surface area (Å²) in [5.74, 6) is 1.40. The van der Waals surface area contributed by atoms with Crippen LogP contribution in [0.3, 0.4) is 0 Å². The number of fused-ring (bicyclic) bond motifs is 1. The van der Waals surface area contributed by atoms with E-state index in [0.29, 0.717) is 18.0 Å². The van der Waals surface area contributed by atoms with E-state index in [0.717, 1.165) is 39.0 Å². The van der Waals surface area contributed by atoms with E-state index in [-0.39, 0.29) is 5.91 Å². The average molecular weight is 412 g/mol. The molecule has 0 bridgehead atoms. The van der Waals surface area contributed by atoms with Crippen molar-refractivity contribution in [3.05, 3.63) is 63.8 Å². The molecule has 0 unspecified atom stereocenters. The molecule has 3 aromatic rings. The van der Waals surface area contributed by atoms with E-state index in [4.69, 9.17) is 4.74 Å². The van der Waals surface area contributed by atoms with Crippen LogP contribution >= 0.6 is 15.9 Å². The number of halogens is 1. The first kappa shape index (κ1) is 16.8. The van der Waals surface area contributed by atoms with Crippen molar-refractivity contribution in [2.75, 3.05) is 11.9 Å². The summed E-state index contributed by atoms with van der Waals surface area (Å²) in [5, 5.41) is 7.51. The van der Waals surface area contributed by atoms with E-state index >= 15 is 0 Å². The average Bonchev–Trinajstić information content (AvgIpc) is 3.20. The van der Waals surface area contributed by atoms with E-state index in [9.17, 15) is 4.79 Å². The summed E-state index contributed by atoms with van der Waals surface area (Å²) < 4.78 is 8.23. The summed E-state index contributed by atoms with van der Waals surface area (Å²) in [4.78, 5) is 12.8. The molecule has 132 valence electrons. The number of amides is 1. The van der Waals surface area contributed by atoms with Crippen LogP contribution in [0.2, 0.25) is 0 Å². The number of ether oxygens (including phenoxy) is 1. The zero-order chi connectivity index (χ0) is 18.3. The first-order chi connectivity index (χ1) is 12.5. The summed E-state index contributed by atoms with van der Waals surface area (Å²) in [6.07, 6.45) is 0.839. The number of carbonyl (C=O) groups is 1. The maximum atomic E-state index is 12.8. The van der Waals surface area contributed by atoms with Crippen LogP contribution < -0.4 is 10.1 Å². The van der Waals surface area contributed by atoms with Gasteiger partial charge in [0.15, 0.2) is 0 Å². The molecule has 0 spiro atoms. The summed E-state index contributed by atoms with van der Waals surface area (Å²) in [6, 6.07) is 13.5. The largest absolute Gasteiger partial charge is 0.493 e. The Morgan fingerprint density at radius 3 is 2.77 bits per heavy atom. The van der Waals surface area contributed by atoms with Gasteiger partial charge in [0.05, 0.1) is 12.3 Å². The summed E-state index contributed by atoms with van der Waals surface area (Å²) in [7, 11) is 1.83. The lowest BCUT2D eigenvalue weighted by atomic mass is 10.1. The minimum atomic E-state index is -0.152. The van der Waals surface area contributed by atoms with Crippen LogP contribution in [-0.4, -0.2) is 22.3 Å². The summed E-state index contributed by atoms with van der Waals surface area (Å²) in [5.41, 5.74) is 4.50. The number of nitrogens with one attached hydrogen (secondary N) is 1. The fourth-order valence-corrected chi connectivity index (χ4v) is 3.54. The highest BCUT2D eigenvalue weighted by Gasteiger charge is 2.20. The fourth-order valence-electron chi connectivity index (χ4n) is 3.27. The molecule has 2 heterocycles. The number of aromatic nitrogens is 2. The Kier molecular flexibility index (Phi) is 4.28. The molecule has 5 nitrogen and oxygen atoms in total. The highest BCUT2D eigenvalue weighted by molar-refractivity contribution is 9.10. The molecule has 0 fully saturated rings. The number of benzene rings is 2. The molecule has 0 saturated carbocycles. The third kappa shape index (κ3) is 3.01. The van der Waals surface area contributed by atoms with E-state index in [1.165, 1.54) is 0 Å². The van der Waals surface area contributed by atoms with Crippen molar-refractivity contribution in [2.24, 2.45) is 7.05 Å². The molecule has 0 radical (unpaired) electrons. The van der Waals surface area contributed by atoms with Crippen LogP contribution in [-0.2, 0) is 13.5 Å². The predicted molar refractivity (Wildman–Crippen MR) is 105 cm³/mol. The third-order valence-electron chi connectivity index (χ3n) is 4.54. The van der Waals surface area contributed by atoms with Crippen molar-refractivity contribution in [1.82, 2.24) is 9.78 Å². The minimum Gasteiger partial charge on any atom is -0.493 e. The molecule has 6 heteroatoms. The monoisotopic (exact) mass is 411 g/mol. The van der Waals surface area contributed by atoms with Gasteiger partial charge >= 0.3 is 0 Å². The van der Waals surface area contributed by atoms with Gasteiger partial charge in [0.25, 0.3) is 5.91 Å². The Bertz CT molecular complexity index is 993. The van der Waals surface area contributed by atoms with Gasteiger partial charge in [-0.1, -0.05) is 28.1 Å². The predicted octanol–water partition coefficient (Wildman–Crippen LogP) is 4.35. The lowest BCUT2D eigenvalue weighted by Crippen LogP contribution is -2.15. The molecule has 4 rings (SSSR count). The highest BCUT2D eigenvalue weighted by atomic mass is 79.9. The molecule has 0 aliphatic carbocycles. The van der Waals surface area contributed by atoms with E-state index in [1.54, 1.807) is 10.7 Å². The van der Waals surface area contributed by atoms with Crippen LogP contribution in [0.25, 0.3) is 11.1 Å². The highest BCUT2D eigenvalue weighted by Crippen LogP contribution is 2.32. The number of hydrogen-bond donors (Lipinski definition) is 1. The molecule has 1 aliphatic rings. The van der Waals surface area contributed by atoms with Gasteiger partial charge in [0.2, 0.25) is 0 Å². The van der Waals surface area contributed by atoms with Gasteiger partial charge in [-0.3, -0.25) is 9.48 Å². The zero-order valence-corrected chi connectivity index (χ0v) is 16.1. The second-order valence-corrected chi connectivity index (χ2v) is 7.23. The molecule has 26 heavy (non-hydrogen) atoms. The number of anilines is 1. The lowest BCUT2D eigenvalue weighted by molar-refractivity contribution is 0.102. The lowest BCUT2D eigenvalue weighted by Gasteiger charge is -2.10. The normalized spacial score (nSPS) is 12.6. The standard InChI is InChI=1S/C20H18BrN3O2/c1-12-18(13-3-6-16(21)7-4-13)19(24(2)23-12)22-20(25)15-5-8-17-14(11-15)9-10-26-17/h3-8,11H,9-10H2,1-2H3,(H,22,25). The number of aryl methyl sites for hydroxylation is 2. The number of hydrogen-bond acceptors (Lipinski definition) is 3. The Hall–Kier alpha value is -2.60. The quantitative estimate of drug-likeness (QED) is 0.696. The van der Waals surface area contributed by atoms with Gasteiger partial charge in [-0.2, -0.15) is 5.10 Å². The van der Waals surface area contributed by atoms with Gasteiger partial charge in [-0.05, 0) is 48.4 Å². The Morgan fingerprint density at radius 2 is 2.00 bits per heavy atom. The summed E-state index contributed by atoms with van der Waals surface area (Å²) in [6.45, 7) is 2.62. The zero-order valence-electron chi connectivity index (χ0n) is 14.5. The van der Waals surface area contributed by atoms with Crippen molar-refractivity contribution < 1.29 is 9.53 Å². The minimum absolute atomic E-state index is 0.152. The molecule has 1 aliphatic heterocycles. The van der Waals surface area contributed by atoms with Gasteiger partial charge in [0, 0.05) is 29.1 Å². The molecule has 1 amide bonds. The maximum Gasteiger partial charge on any atom is 0.256 e. The Morgan fingerprint density at radius 1 is 1.23 bits per heavy atom. The number of nitrogens with zero attached hydrogens (tertiary/aromatic N) is 2. The molecule has 0 atom stereocenters. The van der Waals surface area contributed by atoms with E-state index in [2.05, 4.69) is 26.3 Å². The Balaban J connectivity index is 1.68. The van der Waals surface area contributed by atoms with E-state index in [1.807, 2.05) is 50.4 Å². The van der Waals surface area contributed by atoms with Crippen molar-refractivity contribution in [3.8, 4) is 16.9 Å². The first-order valence-corrected chi connectivity index (χ1v) is 9.19. The molecule has 0 saturated heterocycles. The van der Waals surface area contributed by atoms with Gasteiger partial charge in [-0.15, -0.1) is 0 Å². The first-order valence-electron chi connectivity index (χ1n) is 8.39. The molecular formula is C20H18BrN3O2. The van der Waals surface area contributed by atoms with Gasteiger partial charge in [0.1, 0.15) is 11.6 Å². The van der Waals surface area contributed by atoms with Crippen LogP contribution in [0.4, 0.5) is 5.82 Å². The second kappa shape index (κ2) is 6.61. The molecular weight excluding hydrogens is 394 g/mol. The number of carbonyl (C=O) groups excluding carboxylic acids is 1. The van der Waals surface area contributed by atoms with Crippen molar-refractivity contribution in [1.29, 1.82) is 0 Å². The smallest absolute Gasteiger partial charge is 0.256 e. The SMILES string of the molecule is Cc1nn(C)c(NC(=O)c2ccc3c(c2)CCO3)c1-c1ccc(Br)cc1. The second-order valence-electron chi connectivity index (χ2n) is 6.31.